The van der Waals surface area contributed by atoms with Gasteiger partial charge in [0, 0.05) is 30.6 Å². The lowest BCUT2D eigenvalue weighted by atomic mass is 9.83. The van der Waals surface area contributed by atoms with Gasteiger partial charge in [-0.2, -0.15) is 21.6 Å². The van der Waals surface area contributed by atoms with Crippen molar-refractivity contribution in [1.82, 2.24) is 4.98 Å². The number of benzene rings is 2. The third-order valence-corrected chi connectivity index (χ3v) is 8.39. The summed E-state index contributed by atoms with van der Waals surface area (Å²) in [5, 5.41) is -0.602. The Bertz CT molecular complexity index is 1490. The fraction of sp³-hybridized carbons (Fsp3) is 0.367. The van der Waals surface area contributed by atoms with E-state index in [1.807, 2.05) is 37.3 Å². The molecule has 8 nitrogen and oxygen atoms in total. The first kappa shape index (κ1) is 31.0. The number of hydrogen-bond donors (Lipinski definition) is 1. The van der Waals surface area contributed by atoms with Crippen molar-refractivity contribution in [3.05, 3.63) is 89.6 Å². The zero-order valence-electron chi connectivity index (χ0n) is 23.1. The van der Waals surface area contributed by atoms with Crippen LogP contribution in [0.5, 0.6) is 0 Å². The molecule has 0 spiro atoms. The van der Waals surface area contributed by atoms with Crippen LogP contribution in [0.1, 0.15) is 62.1 Å². The number of nitrogens with zero attached hydrogens (tertiary/aromatic N) is 1. The first-order valence-corrected chi connectivity index (χ1v) is 15.0. The molecule has 224 valence electrons. The van der Waals surface area contributed by atoms with Gasteiger partial charge in [-0.15, -0.1) is 0 Å². The molecule has 0 saturated carbocycles. The fourth-order valence-electron chi connectivity index (χ4n) is 5.04. The van der Waals surface area contributed by atoms with E-state index in [1.54, 1.807) is 13.0 Å². The highest BCUT2D eigenvalue weighted by Gasteiger charge is 2.50. The first-order chi connectivity index (χ1) is 19.9. The number of carbonyl (C=O) groups excluding carboxylic acids is 2. The predicted octanol–water partition coefficient (Wildman–Crippen LogP) is 6.24. The number of alkyl halides is 3. The van der Waals surface area contributed by atoms with Crippen LogP contribution in [0.15, 0.2) is 78.0 Å². The summed E-state index contributed by atoms with van der Waals surface area (Å²) in [6.45, 7) is 3.68. The minimum absolute atomic E-state index is 0.0772. The molecule has 4 rings (SSSR count). The summed E-state index contributed by atoms with van der Waals surface area (Å²) in [4.78, 5) is 30.2. The van der Waals surface area contributed by atoms with E-state index in [1.165, 1.54) is 18.2 Å². The molecular formula is C30H31F3N2O6S. The lowest BCUT2D eigenvalue weighted by Gasteiger charge is -2.40. The van der Waals surface area contributed by atoms with Gasteiger partial charge in [-0.1, -0.05) is 56.3 Å². The van der Waals surface area contributed by atoms with Crippen molar-refractivity contribution in [2.45, 2.75) is 68.9 Å². The molecule has 0 bridgehead atoms. The zero-order valence-corrected chi connectivity index (χ0v) is 23.9. The van der Waals surface area contributed by atoms with Crippen molar-refractivity contribution < 1.29 is 40.7 Å². The molecule has 3 aromatic rings. The standard InChI is InChI=1S/C30H31F3N2O6S/c1-3-16-29(17-15-20-9-6-5-7-10-20)40-27(36)26(28(37)41-29)24(4-2)21-11-8-12-23(18-21)35-42(38,39)25-14-13-22(19-34-25)30(31,32)33/h5-14,18-19,24,26,35H,3-4,15-17H2,1-2H3/t24-,26?,29?/m1/s1. The van der Waals surface area contributed by atoms with E-state index in [2.05, 4.69) is 9.71 Å². The van der Waals surface area contributed by atoms with Gasteiger partial charge < -0.3 is 9.47 Å². The molecule has 1 saturated heterocycles. The molecule has 0 radical (unpaired) electrons. The molecule has 12 heteroatoms. The molecule has 0 aliphatic carbocycles. The van der Waals surface area contributed by atoms with Crippen molar-refractivity contribution >= 4 is 27.6 Å². The Hall–Kier alpha value is -3.93. The Kier molecular flexibility index (Phi) is 9.24. The van der Waals surface area contributed by atoms with Gasteiger partial charge >= 0.3 is 18.1 Å². The fourth-order valence-corrected chi connectivity index (χ4v) is 6.02. The number of hydrogen-bond acceptors (Lipinski definition) is 7. The summed E-state index contributed by atoms with van der Waals surface area (Å²) >= 11 is 0. The van der Waals surface area contributed by atoms with Gasteiger partial charge in [0.15, 0.2) is 10.9 Å². The van der Waals surface area contributed by atoms with Gasteiger partial charge in [0.05, 0.1) is 5.56 Å². The normalized spacial score (nSPS) is 20.0. The highest BCUT2D eigenvalue weighted by atomic mass is 32.2. The first-order valence-electron chi connectivity index (χ1n) is 13.5. The van der Waals surface area contributed by atoms with E-state index in [0.717, 1.165) is 11.6 Å². The Morgan fingerprint density at radius 1 is 0.952 bits per heavy atom. The number of cyclic esters (lactones) is 2. The number of halogens is 3. The molecule has 2 heterocycles. The van der Waals surface area contributed by atoms with Crippen molar-refractivity contribution in [2.75, 3.05) is 4.72 Å². The number of anilines is 1. The zero-order chi connectivity index (χ0) is 30.5. The second-order valence-electron chi connectivity index (χ2n) is 10.1. The van der Waals surface area contributed by atoms with Crippen LogP contribution < -0.4 is 4.72 Å². The van der Waals surface area contributed by atoms with Crippen molar-refractivity contribution in [2.24, 2.45) is 5.92 Å². The Labute approximate surface area is 242 Å². The molecular weight excluding hydrogens is 573 g/mol. The number of ether oxygens (including phenoxy) is 2. The summed E-state index contributed by atoms with van der Waals surface area (Å²) in [5.41, 5.74) is 0.487. The summed E-state index contributed by atoms with van der Waals surface area (Å²) in [7, 11) is -4.33. The number of aromatic nitrogens is 1. The Morgan fingerprint density at radius 3 is 2.21 bits per heavy atom. The maximum atomic E-state index is 13.4. The quantitative estimate of drug-likeness (QED) is 0.204. The number of pyridine rings is 1. The summed E-state index contributed by atoms with van der Waals surface area (Å²) in [6, 6.07) is 17.0. The molecule has 0 unspecified atom stereocenters. The molecule has 2 aromatic carbocycles. The van der Waals surface area contributed by atoms with Crippen LogP contribution in [-0.4, -0.2) is 31.1 Å². The molecule has 1 aromatic heterocycles. The summed E-state index contributed by atoms with van der Waals surface area (Å²) in [6.07, 6.45) is -2.08. The summed E-state index contributed by atoms with van der Waals surface area (Å²) in [5.74, 6) is -4.74. The topological polar surface area (TPSA) is 112 Å². The third-order valence-electron chi connectivity index (χ3n) is 7.10. The molecule has 1 atom stereocenters. The van der Waals surface area contributed by atoms with Crippen LogP contribution in [0.3, 0.4) is 0 Å². The van der Waals surface area contributed by atoms with Crippen molar-refractivity contribution in [3.8, 4) is 0 Å². The highest BCUT2D eigenvalue weighted by Crippen LogP contribution is 2.40. The van der Waals surface area contributed by atoms with Crippen molar-refractivity contribution in [1.29, 1.82) is 0 Å². The lowest BCUT2D eigenvalue weighted by molar-refractivity contribution is -0.257. The molecule has 0 amide bonds. The molecule has 1 N–H and O–H groups in total. The second-order valence-corrected chi connectivity index (χ2v) is 11.7. The largest absolute Gasteiger partial charge is 0.422 e. The van der Waals surface area contributed by atoms with E-state index in [0.29, 0.717) is 49.9 Å². The predicted molar refractivity (Wildman–Crippen MR) is 148 cm³/mol. The smallest absolute Gasteiger partial charge is 0.417 e. The highest BCUT2D eigenvalue weighted by molar-refractivity contribution is 7.92. The maximum absolute atomic E-state index is 13.4. The summed E-state index contributed by atoms with van der Waals surface area (Å²) < 4.78 is 78.1. The number of carbonyl (C=O) groups is 2. The number of aryl methyl sites for hydroxylation is 1. The molecule has 1 aliphatic rings. The van der Waals surface area contributed by atoms with Gasteiger partial charge in [-0.05, 0) is 54.7 Å². The van der Waals surface area contributed by atoms with Gasteiger partial charge in [0.2, 0.25) is 0 Å². The van der Waals surface area contributed by atoms with Gasteiger partial charge in [-0.3, -0.25) is 14.3 Å². The maximum Gasteiger partial charge on any atom is 0.417 e. The van der Waals surface area contributed by atoms with Crippen LogP contribution in [0.4, 0.5) is 18.9 Å². The van der Waals surface area contributed by atoms with Crippen LogP contribution >= 0.6 is 0 Å². The van der Waals surface area contributed by atoms with E-state index in [-0.39, 0.29) is 5.69 Å². The lowest BCUT2D eigenvalue weighted by Crippen LogP contribution is -2.51. The SMILES string of the molecule is CCCC1(CCc2ccccc2)OC(=O)C([C@H](CC)c2cccc(NS(=O)(=O)c3ccc(C(F)(F)F)cn3)c2)C(=O)O1. The minimum Gasteiger partial charge on any atom is -0.422 e. The molecule has 42 heavy (non-hydrogen) atoms. The average molecular weight is 605 g/mol. The van der Waals surface area contributed by atoms with E-state index in [9.17, 15) is 31.2 Å². The van der Waals surface area contributed by atoms with E-state index < -0.39 is 56.4 Å². The van der Waals surface area contributed by atoms with E-state index in [4.69, 9.17) is 9.47 Å². The van der Waals surface area contributed by atoms with Gasteiger partial charge in [0.25, 0.3) is 15.8 Å². The van der Waals surface area contributed by atoms with Crippen LogP contribution in [-0.2, 0) is 41.7 Å². The minimum atomic E-state index is -4.66. The number of nitrogens with one attached hydrogen (secondary N) is 1. The Balaban J connectivity index is 1.52. The van der Waals surface area contributed by atoms with Crippen molar-refractivity contribution in [3.63, 3.8) is 0 Å². The van der Waals surface area contributed by atoms with Crippen LogP contribution in [0.2, 0.25) is 0 Å². The third kappa shape index (κ3) is 7.10. The average Bonchev–Trinajstić information content (AvgIpc) is 2.94. The number of sulfonamides is 1. The molecule has 1 aliphatic heterocycles. The molecule has 1 fully saturated rings. The monoisotopic (exact) mass is 604 g/mol. The van der Waals surface area contributed by atoms with Crippen LogP contribution in [0.25, 0.3) is 0 Å². The van der Waals surface area contributed by atoms with E-state index >= 15 is 0 Å². The number of esters is 2. The van der Waals surface area contributed by atoms with Crippen LogP contribution in [0, 0.1) is 5.92 Å². The second kappa shape index (κ2) is 12.5. The number of rotatable bonds is 11. The van der Waals surface area contributed by atoms with Gasteiger partial charge in [0.1, 0.15) is 0 Å². The Morgan fingerprint density at radius 2 is 1.64 bits per heavy atom. The van der Waals surface area contributed by atoms with Gasteiger partial charge in [-0.25, -0.2) is 4.98 Å².